The van der Waals surface area contributed by atoms with E-state index in [0.29, 0.717) is 29.1 Å². The average Bonchev–Trinajstić information content (AvgIpc) is 3.18. The highest BCUT2D eigenvalue weighted by molar-refractivity contribution is 8.18. The van der Waals surface area contributed by atoms with Gasteiger partial charge in [-0.05, 0) is 58.8 Å². The van der Waals surface area contributed by atoms with Crippen molar-refractivity contribution in [3.05, 3.63) is 112 Å². The molecule has 2 aliphatic heterocycles. The average molecular weight is 516 g/mol. The van der Waals surface area contributed by atoms with Crippen LogP contribution in [0.3, 0.4) is 0 Å². The molecule has 0 spiro atoms. The Morgan fingerprint density at radius 3 is 2.27 bits per heavy atom. The number of carbonyl (C=O) groups is 3. The number of rotatable bonds is 6. The first-order valence-electron chi connectivity index (χ1n) is 12.1. The van der Waals surface area contributed by atoms with Gasteiger partial charge in [-0.2, -0.15) is 0 Å². The van der Waals surface area contributed by atoms with Crippen LogP contribution in [0.15, 0.2) is 83.8 Å². The second-order valence-electron chi connectivity index (χ2n) is 9.07. The maximum Gasteiger partial charge on any atom is 0.293 e. The van der Waals surface area contributed by atoms with Crippen molar-refractivity contribution in [1.29, 1.82) is 0 Å². The minimum atomic E-state index is -0.326. The highest BCUT2D eigenvalue weighted by Crippen LogP contribution is 2.33. The third-order valence-corrected chi connectivity index (χ3v) is 7.37. The van der Waals surface area contributed by atoms with Crippen LogP contribution in [-0.2, 0) is 17.9 Å². The van der Waals surface area contributed by atoms with Gasteiger partial charge in [0, 0.05) is 38.3 Å². The predicted molar refractivity (Wildman–Crippen MR) is 142 cm³/mol. The molecule has 3 aromatic rings. The summed E-state index contributed by atoms with van der Waals surface area (Å²) in [4.78, 5) is 44.2. The topological polar surface area (TPSA) is 60.9 Å². The molecule has 37 heavy (non-hydrogen) atoms. The Labute approximate surface area is 219 Å². The summed E-state index contributed by atoms with van der Waals surface area (Å²) in [5, 5.41) is -0.300. The zero-order valence-corrected chi connectivity index (χ0v) is 21.0. The van der Waals surface area contributed by atoms with E-state index in [1.54, 1.807) is 36.4 Å². The quantitative estimate of drug-likeness (QED) is 0.432. The smallest absolute Gasteiger partial charge is 0.293 e. The van der Waals surface area contributed by atoms with Crippen LogP contribution in [0.4, 0.5) is 9.18 Å². The number of imide groups is 1. The standard InChI is InChI=1S/C29H26FN3O3S/c30-25-11-9-22(10-12-25)19-31-13-15-32(16-14-31)27(34)24-8-4-7-23(17-24)18-26-28(35)33(29(36)37-26)20-21-5-2-1-3-6-21/h1-12,17-18H,13-16,19-20H2. The molecule has 3 amide bonds. The Kier molecular flexibility index (Phi) is 7.48. The summed E-state index contributed by atoms with van der Waals surface area (Å²) in [6.07, 6.45) is 1.67. The first kappa shape index (κ1) is 24.9. The van der Waals surface area contributed by atoms with Gasteiger partial charge in [0.15, 0.2) is 0 Å². The van der Waals surface area contributed by atoms with Gasteiger partial charge in [0.25, 0.3) is 17.1 Å². The normalized spacial score (nSPS) is 17.6. The highest BCUT2D eigenvalue weighted by atomic mass is 32.2. The van der Waals surface area contributed by atoms with Crippen molar-refractivity contribution in [1.82, 2.24) is 14.7 Å². The fourth-order valence-corrected chi connectivity index (χ4v) is 5.29. The number of halogens is 1. The molecule has 188 valence electrons. The molecule has 0 radical (unpaired) electrons. The molecule has 0 aliphatic carbocycles. The first-order chi connectivity index (χ1) is 18.0. The molecule has 8 heteroatoms. The van der Waals surface area contributed by atoms with Crippen LogP contribution < -0.4 is 0 Å². The molecule has 0 unspecified atom stereocenters. The predicted octanol–water partition coefficient (Wildman–Crippen LogP) is 5.02. The number of amides is 3. The Balaban J connectivity index is 1.21. The van der Waals surface area contributed by atoms with Gasteiger partial charge in [-0.1, -0.05) is 54.6 Å². The third-order valence-electron chi connectivity index (χ3n) is 6.47. The van der Waals surface area contributed by atoms with Gasteiger partial charge in [0.2, 0.25) is 0 Å². The van der Waals surface area contributed by atoms with Gasteiger partial charge in [0.05, 0.1) is 11.4 Å². The van der Waals surface area contributed by atoms with E-state index >= 15 is 0 Å². The van der Waals surface area contributed by atoms with Gasteiger partial charge >= 0.3 is 0 Å². The molecule has 2 fully saturated rings. The molecule has 2 aliphatic rings. The van der Waals surface area contributed by atoms with E-state index in [-0.39, 0.29) is 29.4 Å². The van der Waals surface area contributed by atoms with Crippen molar-refractivity contribution in [2.45, 2.75) is 13.1 Å². The lowest BCUT2D eigenvalue weighted by Gasteiger charge is -2.34. The van der Waals surface area contributed by atoms with E-state index in [2.05, 4.69) is 4.90 Å². The summed E-state index contributed by atoms with van der Waals surface area (Å²) in [5.41, 5.74) is 3.17. The Morgan fingerprint density at radius 1 is 0.838 bits per heavy atom. The molecule has 6 nitrogen and oxygen atoms in total. The van der Waals surface area contributed by atoms with Crippen LogP contribution in [0, 0.1) is 5.82 Å². The van der Waals surface area contributed by atoms with Crippen LogP contribution in [0.25, 0.3) is 6.08 Å². The molecule has 0 atom stereocenters. The van der Waals surface area contributed by atoms with Crippen molar-refractivity contribution < 1.29 is 18.8 Å². The lowest BCUT2D eigenvalue weighted by Crippen LogP contribution is -2.48. The number of thioether (sulfide) groups is 1. The van der Waals surface area contributed by atoms with Crippen LogP contribution in [-0.4, -0.2) is 57.9 Å². The Hall–Kier alpha value is -3.75. The molecule has 0 aromatic heterocycles. The summed E-state index contributed by atoms with van der Waals surface area (Å²) in [6, 6.07) is 23.0. The zero-order chi connectivity index (χ0) is 25.8. The van der Waals surface area contributed by atoms with Gasteiger partial charge in [-0.15, -0.1) is 0 Å². The number of hydrogen-bond donors (Lipinski definition) is 0. The fraction of sp³-hybridized carbons (Fsp3) is 0.207. The van der Waals surface area contributed by atoms with Crippen LogP contribution in [0.1, 0.15) is 27.0 Å². The van der Waals surface area contributed by atoms with Crippen molar-refractivity contribution in [3.8, 4) is 0 Å². The lowest BCUT2D eigenvalue weighted by atomic mass is 10.1. The number of nitrogens with zero attached hydrogens (tertiary/aromatic N) is 3. The summed E-state index contributed by atoms with van der Waals surface area (Å²) in [7, 11) is 0. The Bertz CT molecular complexity index is 1340. The van der Waals surface area contributed by atoms with E-state index < -0.39 is 0 Å². The molecule has 5 rings (SSSR count). The third kappa shape index (κ3) is 5.98. The molecule has 0 saturated carbocycles. The minimum absolute atomic E-state index is 0.0612. The summed E-state index contributed by atoms with van der Waals surface area (Å²) < 4.78 is 13.1. The SMILES string of the molecule is O=C(c1cccc(C=C2SC(=O)N(Cc3ccccc3)C2=O)c1)N1CCN(Cc2ccc(F)cc2)CC1. The zero-order valence-electron chi connectivity index (χ0n) is 20.2. The highest BCUT2D eigenvalue weighted by Gasteiger charge is 2.35. The van der Waals surface area contributed by atoms with Gasteiger partial charge in [-0.3, -0.25) is 24.2 Å². The minimum Gasteiger partial charge on any atom is -0.336 e. The molecular formula is C29H26FN3O3S. The summed E-state index contributed by atoms with van der Waals surface area (Å²) >= 11 is 0.917. The van der Waals surface area contributed by atoms with Gasteiger partial charge < -0.3 is 4.90 Å². The van der Waals surface area contributed by atoms with Crippen molar-refractivity contribution in [3.63, 3.8) is 0 Å². The summed E-state index contributed by atoms with van der Waals surface area (Å²) in [5.74, 6) is -0.634. The maximum absolute atomic E-state index is 13.2. The monoisotopic (exact) mass is 515 g/mol. The first-order valence-corrected chi connectivity index (χ1v) is 12.9. The largest absolute Gasteiger partial charge is 0.336 e. The number of hydrogen-bond acceptors (Lipinski definition) is 5. The molecular weight excluding hydrogens is 489 g/mol. The van der Waals surface area contributed by atoms with Crippen molar-refractivity contribution in [2.75, 3.05) is 26.2 Å². The number of benzene rings is 3. The molecule has 2 saturated heterocycles. The second kappa shape index (κ2) is 11.1. The van der Waals surface area contributed by atoms with Gasteiger partial charge in [0.1, 0.15) is 5.82 Å². The van der Waals surface area contributed by atoms with Crippen molar-refractivity contribution in [2.24, 2.45) is 0 Å². The Morgan fingerprint density at radius 2 is 1.54 bits per heavy atom. The van der Waals surface area contributed by atoms with E-state index in [0.717, 1.165) is 42.5 Å². The van der Waals surface area contributed by atoms with Gasteiger partial charge in [-0.25, -0.2) is 4.39 Å². The second-order valence-corrected chi connectivity index (χ2v) is 10.1. The van der Waals surface area contributed by atoms with Crippen molar-refractivity contribution >= 4 is 34.9 Å². The van der Waals surface area contributed by atoms with Crippen LogP contribution in [0.5, 0.6) is 0 Å². The molecule has 2 heterocycles. The van der Waals surface area contributed by atoms with E-state index in [1.807, 2.05) is 41.3 Å². The number of carbonyl (C=O) groups excluding carboxylic acids is 3. The van der Waals surface area contributed by atoms with Crippen LogP contribution in [0.2, 0.25) is 0 Å². The molecule has 0 bridgehead atoms. The fourth-order valence-electron chi connectivity index (χ4n) is 4.45. The maximum atomic E-state index is 13.2. The molecule has 3 aromatic carbocycles. The number of piperazine rings is 1. The lowest BCUT2D eigenvalue weighted by molar-refractivity contribution is -0.123. The molecule has 0 N–H and O–H groups in total. The van der Waals surface area contributed by atoms with E-state index in [9.17, 15) is 18.8 Å². The van der Waals surface area contributed by atoms with E-state index in [1.165, 1.54) is 17.0 Å². The van der Waals surface area contributed by atoms with E-state index in [4.69, 9.17) is 0 Å². The summed E-state index contributed by atoms with van der Waals surface area (Å²) in [6.45, 7) is 3.62. The van der Waals surface area contributed by atoms with Crippen LogP contribution >= 0.6 is 11.8 Å².